The number of unbranched alkanes of at least 4 members (excludes halogenated alkanes) is 4. The molecule has 1 nitrogen and oxygen atoms in total. The van der Waals surface area contributed by atoms with E-state index in [1.807, 2.05) is 0 Å². The molecule has 0 rings (SSSR count). The second-order valence-corrected chi connectivity index (χ2v) is 3.69. The number of hydrogen-bond acceptors (Lipinski definition) is 2. The van der Waals surface area contributed by atoms with Gasteiger partial charge in [-0.05, 0) is 38.1 Å². The molecule has 0 saturated heterocycles. The average molecular weight is 189 g/mol. The summed E-state index contributed by atoms with van der Waals surface area (Å²) in [6, 6.07) is 0. The third-order valence-electron chi connectivity index (χ3n) is 1.97. The molecule has 0 atom stereocenters. The first-order chi connectivity index (χ1) is 5.91. The Labute approximate surface area is 82.7 Å². The van der Waals surface area contributed by atoms with Gasteiger partial charge < -0.3 is 5.32 Å². The molecule has 0 aliphatic heterocycles. The predicted octanol–water partition coefficient (Wildman–Crippen LogP) is 2.87. The molecule has 1 N–H and O–H groups in total. The van der Waals surface area contributed by atoms with Gasteiger partial charge in [-0.1, -0.05) is 26.2 Å². The highest BCUT2D eigenvalue weighted by Crippen LogP contribution is 1.97. The van der Waals surface area contributed by atoms with Crippen LogP contribution in [0.3, 0.4) is 0 Å². The highest BCUT2D eigenvalue weighted by Gasteiger charge is 1.88. The summed E-state index contributed by atoms with van der Waals surface area (Å²) in [5.41, 5.74) is 0. The van der Waals surface area contributed by atoms with Crippen molar-refractivity contribution >= 4 is 12.6 Å². The zero-order valence-corrected chi connectivity index (χ0v) is 9.21. The molecule has 0 aliphatic carbocycles. The minimum atomic E-state index is 1.03. The molecule has 74 valence electrons. The molecule has 0 amide bonds. The first kappa shape index (κ1) is 12.3. The first-order valence-corrected chi connectivity index (χ1v) is 5.86. The van der Waals surface area contributed by atoms with Crippen LogP contribution in [0.4, 0.5) is 0 Å². The molecule has 0 heterocycles. The van der Waals surface area contributed by atoms with Crippen LogP contribution in [0.25, 0.3) is 0 Å². The molecule has 0 aromatic carbocycles. The summed E-state index contributed by atoms with van der Waals surface area (Å²) in [4.78, 5) is 0. The van der Waals surface area contributed by atoms with Gasteiger partial charge in [-0.25, -0.2) is 0 Å². The molecule has 0 bridgehead atoms. The molecule has 2 heteroatoms. The Morgan fingerprint density at radius 2 is 1.58 bits per heavy atom. The lowest BCUT2D eigenvalue weighted by molar-refractivity contribution is 0.583. The van der Waals surface area contributed by atoms with Gasteiger partial charge in [0, 0.05) is 0 Å². The smallest absolute Gasteiger partial charge is 0.00486 e. The second-order valence-electron chi connectivity index (χ2n) is 3.24. The van der Waals surface area contributed by atoms with E-state index >= 15 is 0 Å². The highest BCUT2D eigenvalue weighted by molar-refractivity contribution is 7.80. The molecule has 0 unspecified atom stereocenters. The lowest BCUT2D eigenvalue weighted by atomic mass is 10.2. The Kier molecular flexibility index (Phi) is 11.6. The van der Waals surface area contributed by atoms with Crippen LogP contribution in [0.15, 0.2) is 0 Å². The van der Waals surface area contributed by atoms with Crippen LogP contribution < -0.4 is 5.32 Å². The van der Waals surface area contributed by atoms with Crippen molar-refractivity contribution in [1.29, 1.82) is 0 Å². The predicted molar refractivity (Wildman–Crippen MR) is 60.1 cm³/mol. The Morgan fingerprint density at radius 3 is 2.17 bits per heavy atom. The van der Waals surface area contributed by atoms with Crippen LogP contribution in [0, 0.1) is 0 Å². The first-order valence-electron chi connectivity index (χ1n) is 5.23. The molecule has 0 aromatic heterocycles. The zero-order valence-electron chi connectivity index (χ0n) is 8.31. The maximum atomic E-state index is 4.16. The van der Waals surface area contributed by atoms with E-state index < -0.39 is 0 Å². The maximum absolute atomic E-state index is 4.16. The van der Waals surface area contributed by atoms with E-state index in [0.29, 0.717) is 0 Å². The van der Waals surface area contributed by atoms with Crippen molar-refractivity contribution in [2.45, 2.75) is 45.4 Å². The fourth-order valence-corrected chi connectivity index (χ4v) is 1.39. The molecule has 0 aromatic rings. The minimum Gasteiger partial charge on any atom is -0.317 e. The number of hydrogen-bond donors (Lipinski definition) is 2. The Bertz CT molecular complexity index is 66.2. The monoisotopic (exact) mass is 189 g/mol. The van der Waals surface area contributed by atoms with E-state index in [1.54, 1.807) is 0 Å². The van der Waals surface area contributed by atoms with Crippen LogP contribution in [0.2, 0.25) is 0 Å². The summed E-state index contributed by atoms with van der Waals surface area (Å²) in [6.07, 6.45) is 7.96. The van der Waals surface area contributed by atoms with E-state index in [4.69, 9.17) is 0 Å². The quantitative estimate of drug-likeness (QED) is 0.420. The summed E-state index contributed by atoms with van der Waals surface area (Å²) in [5, 5.41) is 3.45. The van der Waals surface area contributed by atoms with Crippen LogP contribution in [0.5, 0.6) is 0 Å². The highest BCUT2D eigenvalue weighted by atomic mass is 32.1. The van der Waals surface area contributed by atoms with E-state index in [-0.39, 0.29) is 0 Å². The number of nitrogens with one attached hydrogen (secondary N) is 1. The Hall–Kier alpha value is 0.310. The standard InChI is InChI=1S/C10H23NS/c1-2-3-4-5-8-11-9-6-7-10-12/h11-12H,2-10H2,1H3. The number of thiol groups is 1. The summed E-state index contributed by atoms with van der Waals surface area (Å²) in [5.74, 6) is 1.03. The van der Waals surface area contributed by atoms with Crippen LogP contribution >= 0.6 is 12.6 Å². The molecule has 0 aliphatic rings. The maximum Gasteiger partial charge on any atom is -0.00486 e. The normalized spacial score (nSPS) is 10.5. The van der Waals surface area contributed by atoms with Gasteiger partial charge in [0.2, 0.25) is 0 Å². The summed E-state index contributed by atoms with van der Waals surface area (Å²) >= 11 is 4.16. The van der Waals surface area contributed by atoms with Gasteiger partial charge >= 0.3 is 0 Å². The van der Waals surface area contributed by atoms with Crippen molar-refractivity contribution < 1.29 is 0 Å². The molecule has 12 heavy (non-hydrogen) atoms. The minimum absolute atomic E-state index is 1.03. The molecular formula is C10H23NS. The second kappa shape index (κ2) is 11.3. The van der Waals surface area contributed by atoms with E-state index in [0.717, 1.165) is 5.75 Å². The van der Waals surface area contributed by atoms with Crippen molar-refractivity contribution in [3.05, 3.63) is 0 Å². The lowest BCUT2D eigenvalue weighted by Crippen LogP contribution is -2.16. The van der Waals surface area contributed by atoms with E-state index in [1.165, 1.54) is 51.6 Å². The third kappa shape index (κ3) is 10.3. The number of rotatable bonds is 9. The van der Waals surface area contributed by atoms with Gasteiger partial charge in [0.1, 0.15) is 0 Å². The zero-order chi connectivity index (χ0) is 9.07. The van der Waals surface area contributed by atoms with Gasteiger partial charge in [-0.3, -0.25) is 0 Å². The third-order valence-corrected chi connectivity index (χ3v) is 2.29. The van der Waals surface area contributed by atoms with Gasteiger partial charge in [0.05, 0.1) is 0 Å². The summed E-state index contributed by atoms with van der Waals surface area (Å²) in [6.45, 7) is 4.62. The van der Waals surface area contributed by atoms with Gasteiger partial charge in [-0.15, -0.1) is 0 Å². The molecule has 0 fully saturated rings. The topological polar surface area (TPSA) is 12.0 Å². The SMILES string of the molecule is CCCCCCNCCCCS. The van der Waals surface area contributed by atoms with Crippen molar-refractivity contribution in [2.75, 3.05) is 18.8 Å². The van der Waals surface area contributed by atoms with Crippen molar-refractivity contribution in [1.82, 2.24) is 5.32 Å². The van der Waals surface area contributed by atoms with Gasteiger partial charge in [-0.2, -0.15) is 12.6 Å². The van der Waals surface area contributed by atoms with Crippen LogP contribution in [-0.4, -0.2) is 18.8 Å². The average Bonchev–Trinajstić information content (AvgIpc) is 2.10. The van der Waals surface area contributed by atoms with E-state index in [9.17, 15) is 0 Å². The lowest BCUT2D eigenvalue weighted by Gasteiger charge is -2.02. The van der Waals surface area contributed by atoms with Crippen LogP contribution in [0.1, 0.15) is 45.4 Å². The largest absolute Gasteiger partial charge is 0.317 e. The Morgan fingerprint density at radius 1 is 0.917 bits per heavy atom. The van der Waals surface area contributed by atoms with E-state index in [2.05, 4.69) is 24.9 Å². The van der Waals surface area contributed by atoms with Crippen molar-refractivity contribution in [2.24, 2.45) is 0 Å². The molecule has 0 radical (unpaired) electrons. The molecule has 0 spiro atoms. The summed E-state index contributed by atoms with van der Waals surface area (Å²) in [7, 11) is 0. The van der Waals surface area contributed by atoms with Crippen molar-refractivity contribution in [3.8, 4) is 0 Å². The van der Waals surface area contributed by atoms with Gasteiger partial charge in [0.15, 0.2) is 0 Å². The fraction of sp³-hybridized carbons (Fsp3) is 1.00. The van der Waals surface area contributed by atoms with Gasteiger partial charge in [0.25, 0.3) is 0 Å². The van der Waals surface area contributed by atoms with Crippen LogP contribution in [-0.2, 0) is 0 Å². The Balaban J connectivity index is 2.73. The summed E-state index contributed by atoms with van der Waals surface area (Å²) < 4.78 is 0. The molecular weight excluding hydrogens is 166 g/mol. The molecule has 0 saturated carbocycles. The van der Waals surface area contributed by atoms with Crippen molar-refractivity contribution in [3.63, 3.8) is 0 Å². The fourth-order valence-electron chi connectivity index (χ4n) is 1.16.